The number of nitrogens with two attached hydrogens (primary N) is 1. The molecule has 0 aliphatic carbocycles. The van der Waals surface area contributed by atoms with Crippen molar-refractivity contribution < 1.29 is 9.47 Å². The number of aromatic nitrogens is 1. The first-order valence-corrected chi connectivity index (χ1v) is 5.98. The minimum Gasteiger partial charge on any atom is -0.487 e. The normalized spacial score (nSPS) is 12.6. The van der Waals surface area contributed by atoms with Gasteiger partial charge in [0.25, 0.3) is 0 Å². The summed E-state index contributed by atoms with van der Waals surface area (Å²) in [6.07, 6.45) is 1.75. The highest BCUT2D eigenvalue weighted by Gasteiger charge is 2.12. The summed E-state index contributed by atoms with van der Waals surface area (Å²) in [6.45, 7) is 2.92. The molecule has 0 fully saturated rings. The van der Waals surface area contributed by atoms with Crippen molar-refractivity contribution in [3.63, 3.8) is 0 Å². The summed E-state index contributed by atoms with van der Waals surface area (Å²) in [5.74, 6) is 0.813. The number of fused-ring (bicyclic) bond motifs is 1. The van der Waals surface area contributed by atoms with E-state index in [2.05, 4.69) is 4.98 Å². The van der Waals surface area contributed by atoms with Crippen molar-refractivity contribution in [3.05, 3.63) is 36.0 Å². The van der Waals surface area contributed by atoms with Crippen LogP contribution in [0.4, 0.5) is 0 Å². The average Bonchev–Trinajstić information content (AvgIpc) is 2.39. The number of pyridine rings is 1. The first kappa shape index (κ1) is 12.8. The van der Waals surface area contributed by atoms with Crippen LogP contribution in [0.3, 0.4) is 0 Å². The van der Waals surface area contributed by atoms with Crippen LogP contribution in [0.15, 0.2) is 30.5 Å². The van der Waals surface area contributed by atoms with E-state index in [0.29, 0.717) is 13.2 Å². The molecule has 1 aromatic carbocycles. The quantitative estimate of drug-likeness (QED) is 0.877. The summed E-state index contributed by atoms with van der Waals surface area (Å²) in [6, 6.07) is 7.89. The Morgan fingerprint density at radius 1 is 1.33 bits per heavy atom. The highest BCUT2D eigenvalue weighted by Crippen LogP contribution is 2.28. The fourth-order valence-electron chi connectivity index (χ4n) is 1.91. The van der Waals surface area contributed by atoms with Crippen LogP contribution < -0.4 is 10.5 Å². The highest BCUT2D eigenvalue weighted by molar-refractivity contribution is 5.86. The van der Waals surface area contributed by atoms with Gasteiger partial charge in [0, 0.05) is 30.8 Å². The molecular weight excluding hydrogens is 228 g/mol. The van der Waals surface area contributed by atoms with Gasteiger partial charge in [-0.25, -0.2) is 0 Å². The molecule has 0 bridgehead atoms. The summed E-state index contributed by atoms with van der Waals surface area (Å²) in [5, 5.41) is 0.989. The molecule has 1 atom stereocenters. The van der Waals surface area contributed by atoms with Gasteiger partial charge in [0.1, 0.15) is 11.9 Å². The molecule has 1 unspecified atom stereocenters. The molecule has 18 heavy (non-hydrogen) atoms. The fraction of sp³-hybridized carbons (Fsp3) is 0.357. The molecule has 4 heteroatoms. The maximum atomic E-state index is 5.95. The molecule has 0 radical (unpaired) electrons. The maximum absolute atomic E-state index is 5.95. The molecule has 1 heterocycles. The van der Waals surface area contributed by atoms with Gasteiger partial charge in [-0.3, -0.25) is 4.98 Å². The third-order valence-electron chi connectivity index (χ3n) is 2.74. The molecule has 2 N–H and O–H groups in total. The average molecular weight is 246 g/mol. The molecule has 0 spiro atoms. The molecule has 2 aromatic rings. The van der Waals surface area contributed by atoms with Gasteiger partial charge in [-0.1, -0.05) is 12.1 Å². The Bertz CT molecular complexity index is 528. The van der Waals surface area contributed by atoms with Crippen LogP contribution in [0.25, 0.3) is 10.9 Å². The van der Waals surface area contributed by atoms with Crippen LogP contribution in [-0.4, -0.2) is 24.8 Å². The van der Waals surface area contributed by atoms with Crippen LogP contribution in [0.2, 0.25) is 0 Å². The number of nitrogens with zero attached hydrogens (tertiary/aromatic N) is 1. The van der Waals surface area contributed by atoms with Gasteiger partial charge >= 0.3 is 0 Å². The van der Waals surface area contributed by atoms with Crippen LogP contribution in [0.5, 0.6) is 5.75 Å². The molecule has 0 saturated carbocycles. The van der Waals surface area contributed by atoms with E-state index in [0.717, 1.165) is 22.2 Å². The van der Waals surface area contributed by atoms with Crippen LogP contribution in [0.1, 0.15) is 12.5 Å². The third-order valence-corrected chi connectivity index (χ3v) is 2.74. The van der Waals surface area contributed by atoms with Gasteiger partial charge < -0.3 is 15.2 Å². The second-order valence-corrected chi connectivity index (χ2v) is 4.22. The Kier molecular flexibility index (Phi) is 4.12. The number of benzene rings is 1. The number of hydrogen-bond donors (Lipinski definition) is 1. The summed E-state index contributed by atoms with van der Waals surface area (Å²) in [4.78, 5) is 4.37. The van der Waals surface area contributed by atoms with Crippen molar-refractivity contribution in [1.29, 1.82) is 0 Å². The fourth-order valence-corrected chi connectivity index (χ4v) is 1.91. The number of ether oxygens (including phenoxy) is 2. The summed E-state index contributed by atoms with van der Waals surface area (Å²) < 4.78 is 11.0. The second kappa shape index (κ2) is 5.80. The SMILES string of the molecule is COCC(C)Oc1c(CN)cnc2ccccc12. The predicted molar refractivity (Wildman–Crippen MR) is 71.6 cm³/mol. The van der Waals surface area contributed by atoms with Crippen molar-refractivity contribution >= 4 is 10.9 Å². The topological polar surface area (TPSA) is 57.4 Å². The van der Waals surface area contributed by atoms with Gasteiger partial charge in [0.15, 0.2) is 0 Å². The van der Waals surface area contributed by atoms with Crippen LogP contribution >= 0.6 is 0 Å². The van der Waals surface area contributed by atoms with E-state index in [-0.39, 0.29) is 6.10 Å². The summed E-state index contributed by atoms with van der Waals surface area (Å²) >= 11 is 0. The standard InChI is InChI=1S/C14H18N2O2/c1-10(9-17-2)18-14-11(7-15)8-16-13-6-4-3-5-12(13)14/h3-6,8,10H,7,9,15H2,1-2H3. The van der Waals surface area contributed by atoms with Crippen LogP contribution in [-0.2, 0) is 11.3 Å². The molecular formula is C14H18N2O2. The number of methoxy groups -OCH3 is 1. The summed E-state index contributed by atoms with van der Waals surface area (Å²) in [5.41, 5.74) is 7.57. The largest absolute Gasteiger partial charge is 0.487 e. The molecule has 2 rings (SSSR count). The molecule has 0 saturated heterocycles. The Hall–Kier alpha value is -1.65. The lowest BCUT2D eigenvalue weighted by Gasteiger charge is -2.18. The van der Waals surface area contributed by atoms with Crippen molar-refractivity contribution in [2.24, 2.45) is 5.73 Å². The molecule has 0 aliphatic heterocycles. The highest BCUT2D eigenvalue weighted by atomic mass is 16.5. The number of rotatable bonds is 5. The number of para-hydroxylation sites is 1. The van der Waals surface area contributed by atoms with Gasteiger partial charge in [-0.15, -0.1) is 0 Å². The zero-order valence-electron chi connectivity index (χ0n) is 10.7. The van der Waals surface area contributed by atoms with E-state index in [9.17, 15) is 0 Å². The Morgan fingerprint density at radius 2 is 2.11 bits per heavy atom. The first-order chi connectivity index (χ1) is 8.76. The van der Waals surface area contributed by atoms with Crippen molar-refractivity contribution in [2.75, 3.05) is 13.7 Å². The molecule has 1 aromatic heterocycles. The predicted octanol–water partition coefficient (Wildman–Crippen LogP) is 2.11. The Morgan fingerprint density at radius 3 is 2.83 bits per heavy atom. The maximum Gasteiger partial charge on any atom is 0.135 e. The van der Waals surface area contributed by atoms with Gasteiger partial charge in [0.05, 0.1) is 12.1 Å². The van der Waals surface area contributed by atoms with E-state index in [4.69, 9.17) is 15.2 Å². The molecule has 4 nitrogen and oxygen atoms in total. The van der Waals surface area contributed by atoms with Gasteiger partial charge in [-0.2, -0.15) is 0 Å². The van der Waals surface area contributed by atoms with Crippen molar-refractivity contribution in [1.82, 2.24) is 4.98 Å². The molecule has 0 amide bonds. The number of hydrogen-bond acceptors (Lipinski definition) is 4. The smallest absolute Gasteiger partial charge is 0.135 e. The third kappa shape index (κ3) is 2.60. The Balaban J connectivity index is 2.44. The van der Waals surface area contributed by atoms with E-state index in [1.807, 2.05) is 31.2 Å². The minimum absolute atomic E-state index is 0.0221. The van der Waals surface area contributed by atoms with E-state index in [1.165, 1.54) is 0 Å². The van der Waals surface area contributed by atoms with E-state index in [1.54, 1.807) is 13.3 Å². The Labute approximate surface area is 107 Å². The molecule has 96 valence electrons. The van der Waals surface area contributed by atoms with Gasteiger partial charge in [-0.05, 0) is 19.1 Å². The van der Waals surface area contributed by atoms with E-state index < -0.39 is 0 Å². The first-order valence-electron chi connectivity index (χ1n) is 5.98. The molecule has 0 aliphatic rings. The van der Waals surface area contributed by atoms with Gasteiger partial charge in [0.2, 0.25) is 0 Å². The van der Waals surface area contributed by atoms with Crippen LogP contribution in [0, 0.1) is 0 Å². The zero-order chi connectivity index (χ0) is 13.0. The van der Waals surface area contributed by atoms with E-state index >= 15 is 0 Å². The van der Waals surface area contributed by atoms with Crippen molar-refractivity contribution in [3.8, 4) is 5.75 Å². The zero-order valence-corrected chi connectivity index (χ0v) is 10.7. The van der Waals surface area contributed by atoms with Crippen molar-refractivity contribution in [2.45, 2.75) is 19.6 Å². The minimum atomic E-state index is -0.0221. The second-order valence-electron chi connectivity index (χ2n) is 4.22. The lowest BCUT2D eigenvalue weighted by molar-refractivity contribution is 0.0924. The lowest BCUT2D eigenvalue weighted by Crippen LogP contribution is -2.19. The monoisotopic (exact) mass is 246 g/mol. The lowest BCUT2D eigenvalue weighted by atomic mass is 10.1. The summed E-state index contributed by atoms with van der Waals surface area (Å²) in [7, 11) is 1.66.